The van der Waals surface area contributed by atoms with Crippen molar-refractivity contribution in [3.05, 3.63) is 48.0 Å². The number of hydrogen-bond acceptors (Lipinski definition) is 3. The summed E-state index contributed by atoms with van der Waals surface area (Å²) in [5, 5.41) is 2.43. The van der Waals surface area contributed by atoms with E-state index in [1.165, 1.54) is 10.8 Å². The Morgan fingerprint density at radius 3 is 2.64 bits per heavy atom. The van der Waals surface area contributed by atoms with Crippen molar-refractivity contribution >= 4 is 16.9 Å². The molecule has 1 fully saturated rings. The van der Waals surface area contributed by atoms with Crippen LogP contribution in [0.15, 0.2) is 42.5 Å². The molecular weight excluding hydrogens is 314 g/mol. The number of likely N-dealkylation sites (tertiary alicyclic amines) is 1. The Balaban J connectivity index is 1.65. The molecule has 0 bridgehead atoms. The predicted octanol–water partition coefficient (Wildman–Crippen LogP) is 5.10. The lowest BCUT2D eigenvalue weighted by Gasteiger charge is -2.36. The number of nitrogens with zero attached hydrogens (tertiary/aromatic N) is 1. The van der Waals surface area contributed by atoms with Gasteiger partial charge in [0.1, 0.15) is 11.8 Å². The van der Waals surface area contributed by atoms with Crippen molar-refractivity contribution in [2.45, 2.75) is 58.5 Å². The summed E-state index contributed by atoms with van der Waals surface area (Å²) in [5.74, 6) is 0. The molecule has 4 heteroatoms. The predicted molar refractivity (Wildman–Crippen MR) is 99.3 cm³/mol. The maximum Gasteiger partial charge on any atom is 0.412 e. The maximum atomic E-state index is 12.4. The highest BCUT2D eigenvalue weighted by molar-refractivity contribution is 5.82. The fraction of sp³-hybridized carbons (Fsp3) is 0.476. The monoisotopic (exact) mass is 341 g/mol. The summed E-state index contributed by atoms with van der Waals surface area (Å²) in [6.07, 6.45) is 2.43. The van der Waals surface area contributed by atoms with Crippen LogP contribution in [0.2, 0.25) is 0 Å². The summed E-state index contributed by atoms with van der Waals surface area (Å²) in [7, 11) is 0. The second-order valence-corrected chi connectivity index (χ2v) is 7.62. The molecule has 1 amide bonds. The molecular formula is C21H27NO3. The number of hydrogen-bond donors (Lipinski definition) is 0. The molecule has 1 atom stereocenters. The van der Waals surface area contributed by atoms with E-state index in [4.69, 9.17) is 9.47 Å². The molecule has 0 saturated carbocycles. The lowest BCUT2D eigenvalue weighted by atomic mass is 10.1. The van der Waals surface area contributed by atoms with E-state index in [2.05, 4.69) is 30.3 Å². The summed E-state index contributed by atoms with van der Waals surface area (Å²) < 4.78 is 11.6. The number of piperidine rings is 1. The summed E-state index contributed by atoms with van der Waals surface area (Å²) >= 11 is 0. The molecule has 2 aromatic carbocycles. The minimum atomic E-state index is -0.489. The van der Waals surface area contributed by atoms with E-state index < -0.39 is 5.60 Å². The molecule has 0 radical (unpaired) electrons. The van der Waals surface area contributed by atoms with E-state index in [0.717, 1.165) is 24.8 Å². The third kappa shape index (κ3) is 4.73. The van der Waals surface area contributed by atoms with Gasteiger partial charge in [-0.25, -0.2) is 4.79 Å². The van der Waals surface area contributed by atoms with Gasteiger partial charge in [0, 0.05) is 6.54 Å². The van der Waals surface area contributed by atoms with Crippen LogP contribution in [0.5, 0.6) is 0 Å². The van der Waals surface area contributed by atoms with Crippen LogP contribution in [0.3, 0.4) is 0 Å². The van der Waals surface area contributed by atoms with Gasteiger partial charge in [-0.2, -0.15) is 0 Å². The Morgan fingerprint density at radius 1 is 1.12 bits per heavy atom. The number of carbonyl (C=O) groups is 1. The zero-order chi connectivity index (χ0) is 17.9. The quantitative estimate of drug-likeness (QED) is 0.779. The Labute approximate surface area is 149 Å². The van der Waals surface area contributed by atoms with Gasteiger partial charge in [0.15, 0.2) is 0 Å². The normalized spacial score (nSPS) is 18.4. The van der Waals surface area contributed by atoms with Gasteiger partial charge in [0.25, 0.3) is 0 Å². The first kappa shape index (κ1) is 17.7. The topological polar surface area (TPSA) is 38.8 Å². The number of benzene rings is 2. The minimum absolute atomic E-state index is 0.213. The van der Waals surface area contributed by atoms with E-state index in [1.807, 2.05) is 32.9 Å². The lowest BCUT2D eigenvalue weighted by Crippen LogP contribution is -2.47. The first-order valence-corrected chi connectivity index (χ1v) is 9.01. The number of rotatable bonds is 3. The van der Waals surface area contributed by atoms with Crippen molar-refractivity contribution in [2.24, 2.45) is 0 Å². The van der Waals surface area contributed by atoms with Crippen LogP contribution in [0.4, 0.5) is 4.79 Å². The zero-order valence-corrected chi connectivity index (χ0v) is 15.3. The fourth-order valence-electron chi connectivity index (χ4n) is 3.12. The van der Waals surface area contributed by atoms with Gasteiger partial charge in [-0.05, 0) is 62.4 Å². The number of amides is 1. The summed E-state index contributed by atoms with van der Waals surface area (Å²) in [6.45, 7) is 6.85. The molecule has 134 valence electrons. The van der Waals surface area contributed by atoms with Crippen LogP contribution in [0, 0.1) is 0 Å². The molecule has 4 nitrogen and oxygen atoms in total. The highest BCUT2D eigenvalue weighted by atomic mass is 16.6. The van der Waals surface area contributed by atoms with Crippen molar-refractivity contribution < 1.29 is 14.3 Å². The second-order valence-electron chi connectivity index (χ2n) is 7.62. The molecule has 1 saturated heterocycles. The molecule has 25 heavy (non-hydrogen) atoms. The van der Waals surface area contributed by atoms with Crippen LogP contribution in [-0.2, 0) is 16.1 Å². The number of carbonyl (C=O) groups excluding carboxylic acids is 1. The van der Waals surface area contributed by atoms with Gasteiger partial charge in [-0.1, -0.05) is 36.4 Å². The SMILES string of the molecule is CC(C)(C)OC(=O)N1CCCCC1OCc1ccc2ccccc2c1. The first-order valence-electron chi connectivity index (χ1n) is 9.01. The third-order valence-electron chi connectivity index (χ3n) is 4.33. The average Bonchev–Trinajstić information content (AvgIpc) is 2.58. The van der Waals surface area contributed by atoms with Crippen LogP contribution >= 0.6 is 0 Å². The summed E-state index contributed by atoms with van der Waals surface area (Å²) in [4.78, 5) is 14.2. The molecule has 0 spiro atoms. The zero-order valence-electron chi connectivity index (χ0n) is 15.3. The average molecular weight is 341 g/mol. The maximum absolute atomic E-state index is 12.4. The van der Waals surface area contributed by atoms with Gasteiger partial charge in [-0.3, -0.25) is 4.90 Å². The lowest BCUT2D eigenvalue weighted by molar-refractivity contribution is -0.0897. The highest BCUT2D eigenvalue weighted by Crippen LogP contribution is 2.23. The third-order valence-corrected chi connectivity index (χ3v) is 4.33. The van der Waals surface area contributed by atoms with Crippen LogP contribution in [-0.4, -0.2) is 29.4 Å². The fourth-order valence-corrected chi connectivity index (χ4v) is 3.12. The van der Waals surface area contributed by atoms with Gasteiger partial charge in [0.2, 0.25) is 0 Å². The van der Waals surface area contributed by atoms with Crippen molar-refractivity contribution in [1.29, 1.82) is 0 Å². The molecule has 1 unspecified atom stereocenters. The molecule has 0 aliphatic carbocycles. The molecule has 0 aromatic heterocycles. The van der Waals surface area contributed by atoms with Crippen molar-refractivity contribution in [3.8, 4) is 0 Å². The Morgan fingerprint density at radius 2 is 1.88 bits per heavy atom. The minimum Gasteiger partial charge on any atom is -0.444 e. The van der Waals surface area contributed by atoms with E-state index >= 15 is 0 Å². The highest BCUT2D eigenvalue weighted by Gasteiger charge is 2.31. The van der Waals surface area contributed by atoms with Gasteiger partial charge in [-0.15, -0.1) is 0 Å². The molecule has 1 aliphatic rings. The Bertz CT molecular complexity index is 735. The van der Waals surface area contributed by atoms with E-state index in [9.17, 15) is 4.79 Å². The second kappa shape index (κ2) is 7.44. The molecule has 3 rings (SSSR count). The first-order chi connectivity index (χ1) is 11.9. The van der Waals surface area contributed by atoms with Gasteiger partial charge in [0.05, 0.1) is 6.61 Å². The van der Waals surface area contributed by atoms with Gasteiger partial charge < -0.3 is 9.47 Å². The summed E-state index contributed by atoms with van der Waals surface area (Å²) in [5.41, 5.74) is 0.630. The van der Waals surface area contributed by atoms with E-state index in [0.29, 0.717) is 13.2 Å². The molecule has 0 N–H and O–H groups in total. The number of fused-ring (bicyclic) bond motifs is 1. The van der Waals surface area contributed by atoms with Gasteiger partial charge >= 0.3 is 6.09 Å². The molecule has 2 aromatic rings. The molecule has 1 aliphatic heterocycles. The van der Waals surface area contributed by atoms with Crippen molar-refractivity contribution in [3.63, 3.8) is 0 Å². The smallest absolute Gasteiger partial charge is 0.412 e. The standard InChI is InChI=1S/C21H27NO3/c1-21(2,3)25-20(23)22-13-7-6-10-19(22)24-15-16-11-12-17-8-4-5-9-18(17)14-16/h4-5,8-9,11-12,14,19H,6-7,10,13,15H2,1-3H3. The molecule has 1 heterocycles. The van der Waals surface area contributed by atoms with Crippen molar-refractivity contribution in [1.82, 2.24) is 4.90 Å². The Hall–Kier alpha value is -2.07. The van der Waals surface area contributed by atoms with Crippen molar-refractivity contribution in [2.75, 3.05) is 6.54 Å². The van der Waals surface area contributed by atoms with E-state index in [1.54, 1.807) is 4.90 Å². The van der Waals surface area contributed by atoms with Crippen LogP contribution in [0.1, 0.15) is 45.6 Å². The summed E-state index contributed by atoms with van der Waals surface area (Å²) in [6, 6.07) is 14.6. The van der Waals surface area contributed by atoms with Crippen LogP contribution < -0.4 is 0 Å². The Kier molecular flexibility index (Phi) is 5.28. The van der Waals surface area contributed by atoms with E-state index in [-0.39, 0.29) is 12.3 Å². The largest absolute Gasteiger partial charge is 0.444 e. The van der Waals surface area contributed by atoms with Crippen LogP contribution in [0.25, 0.3) is 10.8 Å². The number of ether oxygens (including phenoxy) is 2.